The van der Waals surface area contributed by atoms with Crippen LogP contribution in [0.5, 0.6) is 11.5 Å². The topological polar surface area (TPSA) is 86.6 Å². The van der Waals surface area contributed by atoms with Crippen LogP contribution in [-0.2, 0) is 9.53 Å². The third-order valence-electron chi connectivity index (χ3n) is 4.15. The Morgan fingerprint density at radius 1 is 1.11 bits per heavy atom. The van der Waals surface area contributed by atoms with Crippen LogP contribution in [0.3, 0.4) is 0 Å². The molecule has 0 saturated carbocycles. The highest BCUT2D eigenvalue weighted by molar-refractivity contribution is 5.94. The zero-order valence-corrected chi connectivity index (χ0v) is 14.8. The Balaban J connectivity index is 1.65. The summed E-state index contributed by atoms with van der Waals surface area (Å²) in [4.78, 5) is 25.2. The molecule has 0 aliphatic heterocycles. The molecule has 0 amide bonds. The average molecular weight is 367 g/mol. The van der Waals surface area contributed by atoms with Crippen LogP contribution in [0.15, 0.2) is 48.6 Å². The second-order valence-electron chi connectivity index (χ2n) is 6.11. The van der Waals surface area contributed by atoms with Gasteiger partial charge in [-0.15, -0.1) is 14.1 Å². The zero-order valence-electron chi connectivity index (χ0n) is 14.8. The second kappa shape index (κ2) is 5.94. The Morgan fingerprint density at radius 3 is 2.52 bits per heavy atom. The number of hydrogen-bond donors (Lipinski definition) is 1. The maximum absolute atomic E-state index is 11.9. The molecule has 2 aromatic heterocycles. The van der Waals surface area contributed by atoms with Crippen molar-refractivity contribution in [1.29, 1.82) is 0 Å². The van der Waals surface area contributed by atoms with Crippen molar-refractivity contribution in [3.05, 3.63) is 54.1 Å². The van der Waals surface area contributed by atoms with Gasteiger partial charge in [0.1, 0.15) is 28.2 Å². The van der Waals surface area contributed by atoms with Gasteiger partial charge in [-0.25, -0.2) is 9.59 Å². The van der Waals surface area contributed by atoms with Crippen LogP contribution in [0.4, 0.5) is 0 Å². The molecule has 2 heterocycles. The lowest BCUT2D eigenvalue weighted by Crippen LogP contribution is -2.08. The summed E-state index contributed by atoms with van der Waals surface area (Å²) in [5, 5.41) is 10.3. The Kier molecular flexibility index (Phi) is 3.69. The van der Waals surface area contributed by atoms with Gasteiger partial charge in [-0.3, -0.25) is 0 Å². The van der Waals surface area contributed by atoms with Gasteiger partial charge in [0, 0.05) is 11.6 Å². The monoisotopic (exact) mass is 367 g/mol. The number of carbonyl (C=O) groups is 2. The lowest BCUT2D eigenvalue weighted by Gasteiger charge is -2.05. The third-order valence-corrected chi connectivity index (χ3v) is 4.15. The van der Waals surface area contributed by atoms with Gasteiger partial charge in [0.05, 0.1) is 12.2 Å². The average Bonchev–Trinajstić information content (AvgIpc) is 3.28. The summed E-state index contributed by atoms with van der Waals surface area (Å²) in [6, 6.07) is 9.85. The fourth-order valence-corrected chi connectivity index (χ4v) is 2.82. The molecule has 0 fully saturated rings. The van der Waals surface area contributed by atoms with Crippen LogP contribution in [0, 0.1) is 0 Å². The molecule has 27 heavy (non-hydrogen) atoms. The van der Waals surface area contributed by atoms with Gasteiger partial charge in [-0.05, 0) is 44.2 Å². The van der Waals surface area contributed by atoms with Gasteiger partial charge < -0.3 is 14.6 Å². The van der Waals surface area contributed by atoms with Crippen molar-refractivity contribution >= 4 is 23.0 Å². The first-order valence-electron chi connectivity index (χ1n) is 8.34. The van der Waals surface area contributed by atoms with E-state index in [1.807, 2.05) is 10.7 Å². The molecule has 0 aliphatic carbocycles. The summed E-state index contributed by atoms with van der Waals surface area (Å²) in [7, 11) is 0. The van der Waals surface area contributed by atoms with Crippen LogP contribution in [-0.4, -0.2) is 37.7 Å². The van der Waals surface area contributed by atoms with Gasteiger partial charge in [0.15, 0.2) is 0 Å². The number of nitrogens with zero attached hydrogens (tertiary/aromatic N) is 3. The first-order chi connectivity index (χ1) is 12.9. The maximum atomic E-state index is 11.9. The quantitative estimate of drug-likeness (QED) is 0.333. The predicted molar refractivity (Wildman–Crippen MR) is 96.9 cm³/mol. The smallest absolute Gasteiger partial charge is 0.338 e. The molecule has 8 nitrogen and oxygen atoms in total. The summed E-state index contributed by atoms with van der Waals surface area (Å²) >= 11 is 0. The maximum Gasteiger partial charge on any atom is 0.338 e. The van der Waals surface area contributed by atoms with Crippen LogP contribution in [0.1, 0.15) is 24.2 Å². The number of benzene rings is 2. The Bertz CT molecular complexity index is 1190. The van der Waals surface area contributed by atoms with Crippen molar-refractivity contribution in [1.82, 2.24) is 14.1 Å². The van der Waals surface area contributed by atoms with Crippen molar-refractivity contribution in [2.45, 2.75) is 13.8 Å². The van der Waals surface area contributed by atoms with E-state index in [0.29, 0.717) is 17.9 Å². The van der Waals surface area contributed by atoms with Crippen LogP contribution in [0.25, 0.3) is 16.7 Å². The van der Waals surface area contributed by atoms with Crippen molar-refractivity contribution < 1.29 is 24.2 Å². The van der Waals surface area contributed by atoms with E-state index in [2.05, 4.69) is 6.58 Å². The molecule has 1 N–H and O–H groups in total. The van der Waals surface area contributed by atoms with Crippen molar-refractivity contribution in [3.8, 4) is 17.2 Å². The van der Waals surface area contributed by atoms with E-state index >= 15 is 0 Å². The lowest BCUT2D eigenvalue weighted by atomic mass is 10.2. The normalized spacial score (nSPS) is 11.3. The Labute approximate surface area is 153 Å². The first-order valence-corrected chi connectivity index (χ1v) is 8.34. The van der Waals surface area contributed by atoms with Crippen LogP contribution >= 0.6 is 0 Å². The molecular weight excluding hydrogens is 350 g/mol. The van der Waals surface area contributed by atoms with Gasteiger partial charge >= 0.3 is 11.9 Å². The number of rotatable bonds is 5. The summed E-state index contributed by atoms with van der Waals surface area (Å²) < 4.78 is 13.8. The second-order valence-corrected chi connectivity index (χ2v) is 6.11. The predicted octanol–water partition coefficient (Wildman–Crippen LogP) is 2.78. The molecule has 0 radical (unpaired) electrons. The molecule has 0 atom stereocenters. The largest absolute Gasteiger partial charge is 0.505 e. The summed E-state index contributed by atoms with van der Waals surface area (Å²) in [6.45, 7) is 7.14. The summed E-state index contributed by atoms with van der Waals surface area (Å²) in [5.41, 5.74) is 2.98. The fourth-order valence-electron chi connectivity index (χ4n) is 2.82. The van der Waals surface area contributed by atoms with Crippen LogP contribution in [0.2, 0.25) is 0 Å². The van der Waals surface area contributed by atoms with Gasteiger partial charge in [0.25, 0.3) is 0 Å². The van der Waals surface area contributed by atoms with Crippen molar-refractivity contribution in [2.24, 2.45) is 0 Å². The number of phenols is 1. The van der Waals surface area contributed by atoms with E-state index in [9.17, 15) is 14.7 Å². The molecule has 2 aromatic carbocycles. The number of esters is 2. The summed E-state index contributed by atoms with van der Waals surface area (Å²) in [6.07, 6.45) is 0. The highest BCUT2D eigenvalue weighted by atomic mass is 16.5. The van der Waals surface area contributed by atoms with E-state index in [0.717, 1.165) is 11.0 Å². The molecule has 0 unspecified atom stereocenters. The highest BCUT2D eigenvalue weighted by Crippen LogP contribution is 2.33. The van der Waals surface area contributed by atoms with E-state index in [1.54, 1.807) is 47.5 Å². The van der Waals surface area contributed by atoms with Gasteiger partial charge in [0.2, 0.25) is 0 Å². The van der Waals surface area contributed by atoms with E-state index < -0.39 is 5.97 Å². The third kappa shape index (κ3) is 2.62. The Morgan fingerprint density at radius 2 is 1.85 bits per heavy atom. The number of aromatic nitrogens is 3. The molecular formula is C19H17N3O5. The molecule has 8 heteroatoms. The number of hydrogen-bond acceptors (Lipinski definition) is 5. The minimum Gasteiger partial charge on any atom is -0.505 e. The number of fused-ring (bicyclic) bond motifs is 4. The highest BCUT2D eigenvalue weighted by Gasteiger charge is 2.27. The molecule has 0 saturated heterocycles. The number of phenolic OH excluding ortho intramolecular Hbond substituents is 1. The van der Waals surface area contributed by atoms with Gasteiger partial charge in [-0.1, -0.05) is 6.58 Å². The standard InChI is InChI=1S/C19H17N3O5/c1-4-26-19(25)12-5-7-14-16(9-12)22-20(14)21(22)15-8-6-13(10-17(15)23)27-18(24)11(2)3/h5-10,23H,2,4H2,1,3H3. The van der Waals surface area contributed by atoms with E-state index in [-0.39, 0.29) is 23.0 Å². The zero-order chi connectivity index (χ0) is 19.3. The molecule has 0 bridgehead atoms. The van der Waals surface area contributed by atoms with Crippen molar-refractivity contribution in [2.75, 3.05) is 6.61 Å². The molecule has 4 rings (SSSR count). The molecule has 0 aliphatic rings. The minimum absolute atomic E-state index is 0.0482. The number of aromatic hydroxyl groups is 1. The van der Waals surface area contributed by atoms with E-state index in [1.165, 1.54) is 6.07 Å². The first kappa shape index (κ1) is 16.8. The summed E-state index contributed by atoms with van der Waals surface area (Å²) in [5.74, 6) is -0.752. The lowest BCUT2D eigenvalue weighted by molar-refractivity contribution is -0.130. The van der Waals surface area contributed by atoms with Crippen molar-refractivity contribution in [3.63, 3.8) is 0 Å². The fraction of sp³-hybridized carbons (Fsp3) is 0.158. The van der Waals surface area contributed by atoms with E-state index in [4.69, 9.17) is 9.47 Å². The van der Waals surface area contributed by atoms with Gasteiger partial charge in [-0.2, -0.15) is 0 Å². The minimum atomic E-state index is -0.555. The number of ether oxygens (including phenoxy) is 2. The molecule has 0 spiro atoms. The van der Waals surface area contributed by atoms with Crippen LogP contribution < -0.4 is 4.74 Å². The number of carbonyl (C=O) groups excluding carboxylic acids is 2. The molecule has 4 aromatic rings. The SMILES string of the molecule is C=C(C)C(=O)Oc1ccc(-n2n3c4ccc(C(=O)OCC)cc4n23)c(O)c1. The molecule has 138 valence electrons. The Hall–Kier alpha value is -3.68.